The summed E-state index contributed by atoms with van der Waals surface area (Å²) in [6, 6.07) is 4.63. The first-order valence-electron chi connectivity index (χ1n) is 10.5. The number of halogens is 5. The molecule has 0 N–H and O–H groups in total. The van der Waals surface area contributed by atoms with E-state index in [1.165, 1.54) is 29.3 Å². The monoisotopic (exact) mass is 479 g/mol. The molecule has 0 radical (unpaired) electrons. The average molecular weight is 479 g/mol. The van der Waals surface area contributed by atoms with E-state index in [4.69, 9.17) is 4.74 Å². The van der Waals surface area contributed by atoms with Gasteiger partial charge in [0.1, 0.15) is 17.5 Å². The van der Waals surface area contributed by atoms with E-state index in [9.17, 15) is 26.7 Å². The number of hydrogen-bond donors (Lipinski definition) is 0. The Kier molecular flexibility index (Phi) is 5.25. The smallest absolute Gasteiger partial charge is 0.420 e. The van der Waals surface area contributed by atoms with E-state index in [0.29, 0.717) is 24.6 Å². The number of amides is 1. The van der Waals surface area contributed by atoms with Gasteiger partial charge in [0, 0.05) is 12.1 Å². The molecule has 1 saturated heterocycles. The zero-order valence-corrected chi connectivity index (χ0v) is 17.7. The van der Waals surface area contributed by atoms with Crippen LogP contribution in [0, 0.1) is 17.7 Å². The van der Waals surface area contributed by atoms with Crippen LogP contribution in [0.5, 0.6) is 5.88 Å². The van der Waals surface area contributed by atoms with E-state index in [1.54, 1.807) is 4.90 Å². The summed E-state index contributed by atoms with van der Waals surface area (Å²) in [6.07, 6.45) is -1.50. The predicted octanol–water partition coefficient (Wildman–Crippen LogP) is 4.03. The van der Waals surface area contributed by atoms with Crippen molar-refractivity contribution >= 4 is 5.91 Å². The van der Waals surface area contributed by atoms with Crippen molar-refractivity contribution in [3.63, 3.8) is 0 Å². The zero-order chi connectivity index (χ0) is 24.2. The first-order valence-corrected chi connectivity index (χ1v) is 10.5. The minimum atomic E-state index is -4.87. The molecular weight excluding hydrogens is 461 g/mol. The molecule has 1 saturated carbocycles. The Morgan fingerprint density at radius 2 is 1.82 bits per heavy atom. The summed E-state index contributed by atoms with van der Waals surface area (Å²) >= 11 is 0. The van der Waals surface area contributed by atoms with Crippen molar-refractivity contribution in [2.45, 2.75) is 44.1 Å². The van der Waals surface area contributed by atoms with Crippen LogP contribution in [0.2, 0.25) is 0 Å². The molecule has 3 aromatic rings. The number of pyridine rings is 1. The number of hydrogen-bond acceptors (Lipinski definition) is 5. The summed E-state index contributed by atoms with van der Waals surface area (Å²) in [7, 11) is 0. The molecule has 34 heavy (non-hydrogen) atoms. The van der Waals surface area contributed by atoms with Gasteiger partial charge in [-0.15, -0.1) is 0 Å². The molecule has 7 nitrogen and oxygen atoms in total. The standard InChI is InChI=1S/C22H18F5N5O2/c1-11-12-8-17(18(9-12)34-19-5-3-15(20(24)30-19)22(25,26)27)31(11)21(33)14-10-13(23)2-4-16(14)32-28-6-7-29-32/h2-7,10-12,17-18H,8-9H2,1H3/t11-,12-,17+,18-/m1/s1. The van der Waals surface area contributed by atoms with Crippen molar-refractivity contribution in [2.24, 2.45) is 5.92 Å². The molecule has 1 aliphatic carbocycles. The average Bonchev–Trinajstić information content (AvgIpc) is 3.49. The summed E-state index contributed by atoms with van der Waals surface area (Å²) in [5, 5.41) is 8.04. The minimum absolute atomic E-state index is 0.0538. The second kappa shape index (κ2) is 8.03. The van der Waals surface area contributed by atoms with Gasteiger partial charge in [-0.2, -0.15) is 37.5 Å². The van der Waals surface area contributed by atoms with Crippen LogP contribution in [0.3, 0.4) is 0 Å². The second-order valence-electron chi connectivity index (χ2n) is 8.37. The number of rotatable bonds is 4. The lowest BCUT2D eigenvalue weighted by Gasteiger charge is -2.38. The number of carbonyl (C=O) groups is 1. The topological polar surface area (TPSA) is 73.1 Å². The lowest BCUT2D eigenvalue weighted by Crippen LogP contribution is -2.51. The highest BCUT2D eigenvalue weighted by Gasteiger charge is 2.53. The lowest BCUT2D eigenvalue weighted by molar-refractivity contribution is -0.140. The molecule has 12 heteroatoms. The molecule has 2 aliphatic rings. The SMILES string of the molecule is C[C@@H]1[C@H]2C[C@@H](Oc3ccc(C(F)(F)F)c(F)n3)[C@H](C2)N1C(=O)c1cc(F)ccc1-n1nccn1. The fourth-order valence-corrected chi connectivity index (χ4v) is 4.87. The molecule has 2 fully saturated rings. The lowest BCUT2D eigenvalue weighted by atomic mass is 9.98. The van der Waals surface area contributed by atoms with E-state index in [1.807, 2.05) is 6.92 Å². The molecule has 2 bridgehead atoms. The number of nitrogens with zero attached hydrogens (tertiary/aromatic N) is 5. The van der Waals surface area contributed by atoms with Crippen LogP contribution < -0.4 is 4.74 Å². The van der Waals surface area contributed by atoms with Crippen LogP contribution >= 0.6 is 0 Å². The van der Waals surface area contributed by atoms with Crippen LogP contribution in [0.15, 0.2) is 42.7 Å². The van der Waals surface area contributed by atoms with E-state index in [2.05, 4.69) is 15.2 Å². The van der Waals surface area contributed by atoms with Crippen molar-refractivity contribution in [2.75, 3.05) is 0 Å². The number of ether oxygens (including phenoxy) is 1. The molecule has 178 valence electrons. The maximum absolute atomic E-state index is 14.1. The zero-order valence-electron chi connectivity index (χ0n) is 17.7. The fraction of sp³-hybridized carbons (Fsp3) is 0.364. The van der Waals surface area contributed by atoms with Gasteiger partial charge in [0.15, 0.2) is 0 Å². The van der Waals surface area contributed by atoms with Crippen molar-refractivity contribution < 1.29 is 31.5 Å². The molecule has 1 aromatic carbocycles. The van der Waals surface area contributed by atoms with E-state index in [-0.39, 0.29) is 23.4 Å². The van der Waals surface area contributed by atoms with Gasteiger partial charge in [-0.1, -0.05) is 0 Å². The molecular formula is C22H18F5N5O2. The van der Waals surface area contributed by atoms with Crippen molar-refractivity contribution in [1.82, 2.24) is 24.9 Å². The van der Waals surface area contributed by atoms with Crippen LogP contribution in [-0.4, -0.2) is 49.0 Å². The molecule has 4 atom stereocenters. The third-order valence-electron chi connectivity index (χ3n) is 6.45. The van der Waals surface area contributed by atoms with Crippen LogP contribution in [0.1, 0.15) is 35.7 Å². The van der Waals surface area contributed by atoms with Gasteiger partial charge in [-0.05, 0) is 49.9 Å². The Labute approximate surface area is 190 Å². The number of alkyl halides is 3. The van der Waals surface area contributed by atoms with E-state index >= 15 is 0 Å². The third-order valence-corrected chi connectivity index (χ3v) is 6.45. The highest BCUT2D eigenvalue weighted by atomic mass is 19.4. The Hall–Kier alpha value is -3.57. The van der Waals surface area contributed by atoms with E-state index < -0.39 is 41.6 Å². The minimum Gasteiger partial charge on any atom is -0.472 e. The largest absolute Gasteiger partial charge is 0.472 e. The van der Waals surface area contributed by atoms with E-state index in [0.717, 1.165) is 12.1 Å². The maximum atomic E-state index is 14.1. The first kappa shape index (κ1) is 22.2. The Morgan fingerprint density at radius 1 is 1.09 bits per heavy atom. The van der Waals surface area contributed by atoms with Gasteiger partial charge in [0.05, 0.1) is 29.7 Å². The van der Waals surface area contributed by atoms with Crippen LogP contribution in [-0.2, 0) is 6.18 Å². The number of likely N-dealkylation sites (tertiary alicyclic amines) is 1. The van der Waals surface area contributed by atoms with Crippen LogP contribution in [0.4, 0.5) is 22.0 Å². The Bertz CT molecular complexity index is 1230. The summed E-state index contributed by atoms with van der Waals surface area (Å²) in [5.74, 6) is -2.97. The quantitative estimate of drug-likeness (QED) is 0.418. The van der Waals surface area contributed by atoms with Gasteiger partial charge in [-0.3, -0.25) is 4.79 Å². The number of carbonyl (C=O) groups excluding carboxylic acids is 1. The van der Waals surface area contributed by atoms with Gasteiger partial charge in [0.2, 0.25) is 11.8 Å². The number of fused-ring (bicyclic) bond motifs is 2. The summed E-state index contributed by atoms with van der Waals surface area (Å²) in [5.41, 5.74) is -1.12. The van der Waals surface area contributed by atoms with Gasteiger partial charge in [0.25, 0.3) is 5.91 Å². The Balaban J connectivity index is 1.41. The fourth-order valence-electron chi connectivity index (χ4n) is 4.87. The molecule has 0 spiro atoms. The van der Waals surface area contributed by atoms with Gasteiger partial charge >= 0.3 is 6.18 Å². The number of aromatic nitrogens is 4. The molecule has 3 heterocycles. The number of piperidine rings is 1. The summed E-state index contributed by atoms with van der Waals surface area (Å²) < 4.78 is 72.1. The highest BCUT2D eigenvalue weighted by Crippen LogP contribution is 2.45. The maximum Gasteiger partial charge on any atom is 0.420 e. The molecule has 1 aliphatic heterocycles. The molecule has 1 amide bonds. The summed E-state index contributed by atoms with van der Waals surface area (Å²) in [6.45, 7) is 1.87. The third kappa shape index (κ3) is 3.76. The number of benzene rings is 1. The van der Waals surface area contributed by atoms with Crippen molar-refractivity contribution in [3.05, 3.63) is 65.6 Å². The second-order valence-corrected chi connectivity index (χ2v) is 8.37. The van der Waals surface area contributed by atoms with Gasteiger partial charge in [-0.25, -0.2) is 4.39 Å². The van der Waals surface area contributed by atoms with Gasteiger partial charge < -0.3 is 9.64 Å². The Morgan fingerprint density at radius 3 is 2.47 bits per heavy atom. The highest BCUT2D eigenvalue weighted by molar-refractivity contribution is 5.98. The molecule has 0 unspecified atom stereocenters. The van der Waals surface area contributed by atoms with Crippen molar-refractivity contribution in [1.29, 1.82) is 0 Å². The molecule has 2 aromatic heterocycles. The van der Waals surface area contributed by atoms with Crippen molar-refractivity contribution in [3.8, 4) is 11.6 Å². The normalized spacial score (nSPS) is 24.0. The first-order chi connectivity index (χ1) is 16.1. The predicted molar refractivity (Wildman–Crippen MR) is 107 cm³/mol. The summed E-state index contributed by atoms with van der Waals surface area (Å²) in [4.78, 5) is 19.7. The molecule has 5 rings (SSSR count). The van der Waals surface area contributed by atoms with Crippen LogP contribution in [0.25, 0.3) is 5.69 Å².